The van der Waals surface area contributed by atoms with Gasteiger partial charge in [-0.15, -0.1) is 0 Å². The molecule has 2 rings (SSSR count). The molecule has 0 aromatic carbocycles. The summed E-state index contributed by atoms with van der Waals surface area (Å²) in [6.45, 7) is 1.50. The van der Waals surface area contributed by atoms with E-state index in [4.69, 9.17) is 4.74 Å². The average Bonchev–Trinajstić information content (AvgIpc) is 2.45. The molecule has 19 heavy (non-hydrogen) atoms. The molecule has 2 heteroatoms. The summed E-state index contributed by atoms with van der Waals surface area (Å²) < 4.78 is 5.47. The minimum atomic E-state index is -0.187. The zero-order chi connectivity index (χ0) is 13.5. The van der Waals surface area contributed by atoms with Crippen LogP contribution in [0.4, 0.5) is 0 Å². The molecule has 2 saturated carbocycles. The van der Waals surface area contributed by atoms with E-state index in [1.807, 2.05) is 0 Å². The SMILES string of the molecule is CC(=O)OC(C#CC1CCCCC1)C1CCCCC1. The number of ether oxygens (including phenoxy) is 1. The van der Waals surface area contributed by atoms with Crippen LogP contribution >= 0.6 is 0 Å². The van der Waals surface area contributed by atoms with Crippen LogP contribution in [0.15, 0.2) is 0 Å². The van der Waals surface area contributed by atoms with Crippen LogP contribution in [0.1, 0.15) is 71.1 Å². The highest BCUT2D eigenvalue weighted by Gasteiger charge is 2.24. The molecule has 0 radical (unpaired) electrons. The van der Waals surface area contributed by atoms with Gasteiger partial charge < -0.3 is 4.74 Å². The van der Waals surface area contributed by atoms with E-state index in [2.05, 4.69) is 11.8 Å². The lowest BCUT2D eigenvalue weighted by atomic mass is 9.84. The summed E-state index contributed by atoms with van der Waals surface area (Å²) in [5.74, 6) is 7.51. The monoisotopic (exact) mass is 262 g/mol. The second-order valence-electron chi connectivity index (χ2n) is 6.05. The molecule has 1 atom stereocenters. The van der Waals surface area contributed by atoms with Crippen molar-refractivity contribution in [3.8, 4) is 11.8 Å². The Morgan fingerprint density at radius 3 is 2.16 bits per heavy atom. The lowest BCUT2D eigenvalue weighted by Gasteiger charge is -2.26. The molecule has 0 saturated heterocycles. The molecule has 0 aromatic heterocycles. The normalized spacial score (nSPS) is 23.2. The number of rotatable bonds is 2. The molecule has 0 amide bonds. The first-order chi connectivity index (χ1) is 9.25. The van der Waals surface area contributed by atoms with E-state index in [9.17, 15) is 4.79 Å². The molecular weight excluding hydrogens is 236 g/mol. The Morgan fingerprint density at radius 2 is 1.58 bits per heavy atom. The van der Waals surface area contributed by atoms with Gasteiger partial charge in [-0.2, -0.15) is 0 Å². The van der Waals surface area contributed by atoms with Crippen molar-refractivity contribution >= 4 is 5.97 Å². The van der Waals surface area contributed by atoms with Gasteiger partial charge in [0.15, 0.2) is 6.10 Å². The molecule has 0 aromatic rings. The highest BCUT2D eigenvalue weighted by molar-refractivity contribution is 5.66. The van der Waals surface area contributed by atoms with E-state index in [0.29, 0.717) is 11.8 Å². The van der Waals surface area contributed by atoms with Crippen LogP contribution in [0.3, 0.4) is 0 Å². The number of hydrogen-bond acceptors (Lipinski definition) is 2. The lowest BCUT2D eigenvalue weighted by Crippen LogP contribution is -2.26. The Morgan fingerprint density at radius 1 is 1.00 bits per heavy atom. The highest BCUT2D eigenvalue weighted by Crippen LogP contribution is 2.28. The van der Waals surface area contributed by atoms with Crippen LogP contribution in [0.25, 0.3) is 0 Å². The maximum atomic E-state index is 11.3. The first-order valence-electron chi connectivity index (χ1n) is 7.94. The number of carbonyl (C=O) groups excluding carboxylic acids is 1. The summed E-state index contributed by atoms with van der Waals surface area (Å²) >= 11 is 0. The predicted octanol–water partition coefficient (Wildman–Crippen LogP) is 4.08. The summed E-state index contributed by atoms with van der Waals surface area (Å²) in [6, 6.07) is 0. The molecule has 0 aliphatic heterocycles. The van der Waals surface area contributed by atoms with Crippen molar-refractivity contribution in [2.24, 2.45) is 11.8 Å². The van der Waals surface area contributed by atoms with Crippen LogP contribution in [-0.4, -0.2) is 12.1 Å². The van der Waals surface area contributed by atoms with Gasteiger partial charge in [-0.3, -0.25) is 4.79 Å². The quantitative estimate of drug-likeness (QED) is 0.553. The fourth-order valence-electron chi connectivity index (χ4n) is 3.31. The van der Waals surface area contributed by atoms with E-state index < -0.39 is 0 Å². The minimum Gasteiger partial charge on any atom is -0.449 e. The Kier molecular flexibility index (Phi) is 5.76. The van der Waals surface area contributed by atoms with E-state index in [0.717, 1.165) is 12.8 Å². The Labute approximate surface area is 117 Å². The van der Waals surface area contributed by atoms with Crippen molar-refractivity contribution in [2.75, 3.05) is 0 Å². The summed E-state index contributed by atoms with van der Waals surface area (Å²) in [6.07, 6.45) is 12.4. The van der Waals surface area contributed by atoms with Crippen molar-refractivity contribution in [2.45, 2.75) is 77.2 Å². The van der Waals surface area contributed by atoms with Crippen molar-refractivity contribution in [1.29, 1.82) is 0 Å². The van der Waals surface area contributed by atoms with Crippen LogP contribution < -0.4 is 0 Å². The summed E-state index contributed by atoms with van der Waals surface area (Å²) in [7, 11) is 0. The predicted molar refractivity (Wildman–Crippen MR) is 76.5 cm³/mol. The smallest absolute Gasteiger partial charge is 0.303 e. The zero-order valence-electron chi connectivity index (χ0n) is 12.1. The topological polar surface area (TPSA) is 26.3 Å². The van der Waals surface area contributed by atoms with Gasteiger partial charge in [0.1, 0.15) is 0 Å². The zero-order valence-corrected chi connectivity index (χ0v) is 12.1. The molecule has 106 valence electrons. The van der Waals surface area contributed by atoms with Crippen LogP contribution in [0.5, 0.6) is 0 Å². The standard InChI is InChI=1S/C17H26O2/c1-14(18)19-17(16-10-6-3-7-11-16)13-12-15-8-4-2-5-9-15/h15-17H,2-11H2,1H3. The maximum Gasteiger partial charge on any atom is 0.303 e. The van der Waals surface area contributed by atoms with Crippen LogP contribution in [0.2, 0.25) is 0 Å². The summed E-state index contributed by atoms with van der Waals surface area (Å²) in [5.41, 5.74) is 0. The molecule has 0 spiro atoms. The third-order valence-corrected chi connectivity index (χ3v) is 4.41. The molecule has 2 nitrogen and oxygen atoms in total. The van der Waals surface area contributed by atoms with Gasteiger partial charge >= 0.3 is 5.97 Å². The van der Waals surface area contributed by atoms with E-state index in [1.54, 1.807) is 0 Å². The second-order valence-corrected chi connectivity index (χ2v) is 6.05. The van der Waals surface area contributed by atoms with Gasteiger partial charge in [0.05, 0.1) is 0 Å². The van der Waals surface area contributed by atoms with E-state index >= 15 is 0 Å². The first-order valence-corrected chi connectivity index (χ1v) is 7.94. The van der Waals surface area contributed by atoms with Crippen molar-refractivity contribution in [3.63, 3.8) is 0 Å². The highest BCUT2D eigenvalue weighted by atomic mass is 16.5. The summed E-state index contributed by atoms with van der Waals surface area (Å²) in [4.78, 5) is 11.3. The fourth-order valence-corrected chi connectivity index (χ4v) is 3.31. The third-order valence-electron chi connectivity index (χ3n) is 4.41. The van der Waals surface area contributed by atoms with E-state index in [-0.39, 0.29) is 12.1 Å². The van der Waals surface area contributed by atoms with Gasteiger partial charge in [0.2, 0.25) is 0 Å². The van der Waals surface area contributed by atoms with Gasteiger partial charge in [0, 0.05) is 18.8 Å². The van der Waals surface area contributed by atoms with Crippen molar-refractivity contribution in [1.82, 2.24) is 0 Å². The average molecular weight is 262 g/mol. The molecule has 0 bridgehead atoms. The number of hydrogen-bond donors (Lipinski definition) is 0. The third kappa shape index (κ3) is 4.90. The van der Waals surface area contributed by atoms with Gasteiger partial charge in [0.25, 0.3) is 0 Å². The maximum absolute atomic E-state index is 11.3. The second kappa shape index (κ2) is 7.58. The first kappa shape index (κ1) is 14.4. The molecule has 0 N–H and O–H groups in total. The largest absolute Gasteiger partial charge is 0.449 e. The minimum absolute atomic E-state index is 0.153. The van der Waals surface area contributed by atoms with Crippen molar-refractivity contribution in [3.05, 3.63) is 0 Å². The number of esters is 1. The van der Waals surface area contributed by atoms with Crippen LogP contribution in [0, 0.1) is 23.7 Å². The van der Waals surface area contributed by atoms with Crippen LogP contribution in [-0.2, 0) is 9.53 Å². The van der Waals surface area contributed by atoms with Gasteiger partial charge in [-0.1, -0.05) is 50.4 Å². The van der Waals surface area contributed by atoms with Gasteiger partial charge in [-0.05, 0) is 25.7 Å². The van der Waals surface area contributed by atoms with Gasteiger partial charge in [-0.25, -0.2) is 0 Å². The molecule has 2 aliphatic rings. The van der Waals surface area contributed by atoms with Crippen molar-refractivity contribution < 1.29 is 9.53 Å². The Balaban J connectivity index is 1.95. The molecule has 1 unspecified atom stereocenters. The fraction of sp³-hybridized carbons (Fsp3) is 0.824. The lowest BCUT2D eigenvalue weighted by molar-refractivity contribution is -0.146. The molecule has 2 aliphatic carbocycles. The molecular formula is C17H26O2. The molecule has 0 heterocycles. The Bertz CT molecular complexity index is 338. The molecule has 2 fully saturated rings. The Hall–Kier alpha value is -0.970. The van der Waals surface area contributed by atoms with E-state index in [1.165, 1.54) is 58.3 Å². The summed E-state index contributed by atoms with van der Waals surface area (Å²) in [5, 5.41) is 0. The number of carbonyl (C=O) groups is 1.